The van der Waals surface area contributed by atoms with Gasteiger partial charge in [0.1, 0.15) is 19.8 Å². The molecule has 0 atom stereocenters. The number of amides is 2. The fourth-order valence-corrected chi connectivity index (χ4v) is 13.5. The third-order valence-corrected chi connectivity index (χ3v) is 19.9. The molecule has 3 aliphatic rings. The molecule has 550 valence electrons. The number of sulfonamides is 1. The Balaban J connectivity index is 0.000000180. The number of rotatable bonds is 34. The topological polar surface area (TPSA) is 171 Å². The maximum Gasteiger partial charge on any atom is 0.243 e. The average molecular weight is 1430 g/mol. The van der Waals surface area contributed by atoms with Crippen LogP contribution in [-0.4, -0.2) is 189 Å². The molecule has 0 radical (unpaired) electrons. The average Bonchev–Trinajstić information content (AvgIpc) is 0.810. The van der Waals surface area contributed by atoms with Crippen molar-refractivity contribution in [1.29, 1.82) is 0 Å². The Kier molecular flexibility index (Phi) is 32.5. The van der Waals surface area contributed by atoms with E-state index in [-0.39, 0.29) is 29.2 Å². The summed E-state index contributed by atoms with van der Waals surface area (Å²) in [4.78, 5) is 37.3. The molecule has 0 saturated carbocycles. The zero-order valence-electron chi connectivity index (χ0n) is 60.7. The number of hydrogen-bond acceptors (Lipinski definition) is 16. The zero-order valence-corrected chi connectivity index (χ0v) is 61.5. The lowest BCUT2D eigenvalue weighted by Gasteiger charge is -2.31. The Morgan fingerprint density at radius 2 is 0.748 bits per heavy atom. The smallest absolute Gasteiger partial charge is 0.243 e. The summed E-state index contributed by atoms with van der Waals surface area (Å²) in [6, 6.07) is 66.4. The standard InChI is InChI=1S/C31H38N2O4.C27H32N2O5S.C25H34N2O4/c1-35-30-23-28(15-16-29(30)37-25-27-11-6-3-7-12-27)24-33(18-17-32-19-21-36-22-20-32)31(34)14-8-13-26-9-4-2-5-10-26;1-32-27-20-24(12-13-26(27)34-22-23-8-4-2-5-9-23)21-29(15-14-28-16-18-33-19-17-28)35(30,31)25-10-6-3-7-11-25;1-20(2)25(28)27(12-11-26-13-15-30-16-14-26)18-22-9-10-23(24(17-22)29-3)31-19-21-7-5-4-6-8-21/h2-7,9-12,15-16,23H,8,13-14,17-22,24-25H2,1H3;2-13,20H,14-19,21-22H2,1H3;4-10,17,20H,11-16,18-19H2,1-3H3. The minimum atomic E-state index is -3.67. The summed E-state index contributed by atoms with van der Waals surface area (Å²) in [5.41, 5.74) is 7.42. The highest BCUT2D eigenvalue weighted by atomic mass is 32.2. The van der Waals surface area contributed by atoms with Crippen LogP contribution in [0.1, 0.15) is 65.6 Å². The number of nitrogens with zero attached hydrogens (tertiary/aromatic N) is 6. The van der Waals surface area contributed by atoms with Gasteiger partial charge in [-0.15, -0.1) is 0 Å². The maximum absolute atomic E-state index is 13.5. The van der Waals surface area contributed by atoms with Crippen LogP contribution in [0.4, 0.5) is 0 Å². The summed E-state index contributed by atoms with van der Waals surface area (Å²) < 4.78 is 79.6. The van der Waals surface area contributed by atoms with Gasteiger partial charge in [-0.2, -0.15) is 4.31 Å². The largest absolute Gasteiger partial charge is 0.493 e. The molecule has 8 aromatic rings. The first-order valence-electron chi connectivity index (χ1n) is 35.9. The van der Waals surface area contributed by atoms with E-state index in [1.54, 1.807) is 45.6 Å². The van der Waals surface area contributed by atoms with Crippen LogP contribution in [-0.2, 0) is 79.7 Å². The van der Waals surface area contributed by atoms with Gasteiger partial charge in [0.15, 0.2) is 34.5 Å². The van der Waals surface area contributed by atoms with Crippen LogP contribution in [0.15, 0.2) is 211 Å². The first-order chi connectivity index (χ1) is 50.3. The van der Waals surface area contributed by atoms with Crippen molar-refractivity contribution in [2.75, 3.05) is 140 Å². The Labute approximate surface area is 610 Å². The molecule has 3 fully saturated rings. The van der Waals surface area contributed by atoms with Crippen LogP contribution >= 0.6 is 0 Å². The van der Waals surface area contributed by atoms with Gasteiger partial charge in [0.05, 0.1) is 65.9 Å². The first-order valence-corrected chi connectivity index (χ1v) is 37.3. The summed E-state index contributed by atoms with van der Waals surface area (Å²) in [6.45, 7) is 20.4. The van der Waals surface area contributed by atoms with E-state index in [2.05, 4.69) is 26.8 Å². The monoisotopic (exact) mass is 1420 g/mol. The molecule has 11 rings (SSSR count). The molecule has 0 N–H and O–H groups in total. The van der Waals surface area contributed by atoms with E-state index in [1.165, 1.54) is 9.87 Å². The molecule has 0 spiro atoms. The van der Waals surface area contributed by atoms with Gasteiger partial charge >= 0.3 is 0 Å². The lowest BCUT2D eigenvalue weighted by Crippen LogP contribution is -2.43. The van der Waals surface area contributed by atoms with Gasteiger partial charge in [0, 0.05) is 111 Å². The van der Waals surface area contributed by atoms with Crippen molar-refractivity contribution < 1.29 is 60.6 Å². The van der Waals surface area contributed by atoms with Gasteiger partial charge in [0.2, 0.25) is 21.8 Å². The Hall–Kier alpha value is -8.83. The molecule has 103 heavy (non-hydrogen) atoms. The molecule has 3 saturated heterocycles. The molecule has 3 aliphatic heterocycles. The van der Waals surface area contributed by atoms with Gasteiger partial charge in [-0.25, -0.2) is 8.42 Å². The summed E-state index contributed by atoms with van der Waals surface area (Å²) in [5, 5.41) is 0. The van der Waals surface area contributed by atoms with Crippen molar-refractivity contribution in [3.63, 3.8) is 0 Å². The quantitative estimate of drug-likeness (QED) is 0.0373. The lowest BCUT2D eigenvalue weighted by molar-refractivity contribution is -0.135. The van der Waals surface area contributed by atoms with Gasteiger partial charge in [0.25, 0.3) is 0 Å². The van der Waals surface area contributed by atoms with Crippen LogP contribution in [0.2, 0.25) is 0 Å². The zero-order chi connectivity index (χ0) is 72.3. The minimum Gasteiger partial charge on any atom is -0.493 e. The number of benzene rings is 8. The molecule has 8 aromatic carbocycles. The normalized spacial score (nSPS) is 14.3. The number of morpholine rings is 3. The Morgan fingerprint density at radius 3 is 1.13 bits per heavy atom. The van der Waals surface area contributed by atoms with E-state index in [0.29, 0.717) is 113 Å². The maximum atomic E-state index is 13.5. The third-order valence-electron chi connectivity index (χ3n) is 18.1. The third kappa shape index (κ3) is 26.1. The van der Waals surface area contributed by atoms with Gasteiger partial charge < -0.3 is 52.4 Å². The van der Waals surface area contributed by atoms with E-state index < -0.39 is 10.0 Å². The predicted octanol–water partition coefficient (Wildman–Crippen LogP) is 12.3. The summed E-state index contributed by atoms with van der Waals surface area (Å²) in [5.74, 6) is 4.25. The van der Waals surface area contributed by atoms with Crippen molar-refractivity contribution in [1.82, 2.24) is 28.8 Å². The van der Waals surface area contributed by atoms with Crippen molar-refractivity contribution >= 4 is 21.8 Å². The molecular formula is C83H104N6O13S. The minimum absolute atomic E-state index is 0.0416. The number of methoxy groups -OCH3 is 3. The number of carbonyl (C=O) groups excluding carboxylic acids is 2. The summed E-state index contributed by atoms with van der Waals surface area (Å²) >= 11 is 0. The van der Waals surface area contributed by atoms with E-state index in [9.17, 15) is 18.0 Å². The second kappa shape index (κ2) is 42.7. The van der Waals surface area contributed by atoms with Crippen LogP contribution < -0.4 is 28.4 Å². The van der Waals surface area contributed by atoms with E-state index in [0.717, 1.165) is 125 Å². The fraction of sp³-hybridized carbons (Fsp3) is 0.398. The number of ether oxygens (including phenoxy) is 9. The SMILES string of the molecule is COc1cc(CN(CCN2CCOCC2)C(=O)C(C)C)ccc1OCc1ccccc1.COc1cc(CN(CCN2CCOCC2)C(=O)CCCc2ccccc2)ccc1OCc1ccccc1.COc1cc(CN(CCN2CCOCC2)S(=O)(=O)c2ccccc2)ccc1OCc1ccccc1. The van der Waals surface area contributed by atoms with Crippen molar-refractivity contribution in [3.05, 3.63) is 245 Å². The first kappa shape index (κ1) is 78.3. The molecule has 2 amide bonds. The van der Waals surface area contributed by atoms with Gasteiger partial charge in [-0.05, 0) is 100 Å². The Morgan fingerprint density at radius 1 is 0.408 bits per heavy atom. The summed E-state index contributed by atoms with van der Waals surface area (Å²) in [7, 11) is 1.21. The van der Waals surface area contributed by atoms with Gasteiger partial charge in [-0.1, -0.05) is 172 Å². The highest BCUT2D eigenvalue weighted by Gasteiger charge is 2.27. The second-order valence-electron chi connectivity index (χ2n) is 25.9. The highest BCUT2D eigenvalue weighted by molar-refractivity contribution is 7.89. The molecule has 0 aromatic heterocycles. The molecule has 19 nitrogen and oxygen atoms in total. The second-order valence-corrected chi connectivity index (χ2v) is 27.8. The van der Waals surface area contributed by atoms with Crippen LogP contribution in [0.25, 0.3) is 0 Å². The lowest BCUT2D eigenvalue weighted by atomic mass is 10.1. The van der Waals surface area contributed by atoms with Crippen molar-refractivity contribution in [2.45, 2.75) is 77.5 Å². The van der Waals surface area contributed by atoms with Crippen LogP contribution in [0.3, 0.4) is 0 Å². The Bertz CT molecular complexity index is 3870. The summed E-state index contributed by atoms with van der Waals surface area (Å²) in [6.07, 6.45) is 2.28. The number of aryl methyl sites for hydroxylation is 1. The highest BCUT2D eigenvalue weighted by Crippen LogP contribution is 2.33. The van der Waals surface area contributed by atoms with Crippen LogP contribution in [0.5, 0.6) is 34.5 Å². The van der Waals surface area contributed by atoms with Crippen LogP contribution in [0, 0.1) is 5.92 Å². The molecule has 3 heterocycles. The molecular weight excluding hydrogens is 1320 g/mol. The molecule has 0 bridgehead atoms. The van der Waals surface area contributed by atoms with E-state index in [1.807, 2.05) is 194 Å². The van der Waals surface area contributed by atoms with Gasteiger partial charge in [-0.3, -0.25) is 24.3 Å². The molecule has 0 aliphatic carbocycles. The predicted molar refractivity (Wildman–Crippen MR) is 402 cm³/mol. The number of hydrogen-bond donors (Lipinski definition) is 0. The molecule has 20 heteroatoms. The fourth-order valence-electron chi connectivity index (χ4n) is 12.1. The van der Waals surface area contributed by atoms with Crippen molar-refractivity contribution in [2.24, 2.45) is 5.92 Å². The number of carbonyl (C=O) groups is 2. The van der Waals surface area contributed by atoms with E-state index in [4.69, 9.17) is 42.6 Å². The molecule has 0 unspecified atom stereocenters. The van der Waals surface area contributed by atoms with E-state index >= 15 is 0 Å². The van der Waals surface area contributed by atoms with Crippen molar-refractivity contribution in [3.8, 4) is 34.5 Å².